The van der Waals surface area contributed by atoms with Gasteiger partial charge in [0.05, 0.1) is 11.6 Å². The topological polar surface area (TPSA) is 39.6 Å². The predicted molar refractivity (Wildman–Crippen MR) is 64.9 cm³/mol. The molecule has 94 valence electrons. The summed E-state index contributed by atoms with van der Waals surface area (Å²) in [6.07, 6.45) is 1.46. The molecule has 2 rings (SSSR count). The maximum absolute atomic E-state index is 13.6. The molecule has 1 aliphatic heterocycles. The number of halogens is 2. The highest BCUT2D eigenvalue weighted by atomic mass is 35.5. The van der Waals surface area contributed by atoms with Gasteiger partial charge < -0.3 is 10.0 Å². The smallest absolute Gasteiger partial charge is 0.167 e. The van der Waals surface area contributed by atoms with Gasteiger partial charge in [-0.2, -0.15) is 0 Å². The first-order valence-electron chi connectivity index (χ1n) is 5.60. The van der Waals surface area contributed by atoms with Gasteiger partial charge in [0.1, 0.15) is 0 Å². The molecule has 4 nitrogen and oxygen atoms in total. The minimum atomic E-state index is -0.381. The minimum Gasteiger partial charge on any atom is -0.395 e. The zero-order valence-electron chi connectivity index (χ0n) is 9.44. The molecule has 17 heavy (non-hydrogen) atoms. The van der Waals surface area contributed by atoms with Crippen molar-refractivity contribution in [1.82, 2.24) is 9.88 Å². The Bertz CT molecular complexity index is 383. The van der Waals surface area contributed by atoms with Crippen LogP contribution in [0.5, 0.6) is 0 Å². The predicted octanol–water partition coefficient (Wildman–Crippen LogP) is 0.988. The van der Waals surface area contributed by atoms with E-state index in [4.69, 9.17) is 16.7 Å². The van der Waals surface area contributed by atoms with Gasteiger partial charge in [0, 0.05) is 38.9 Å². The van der Waals surface area contributed by atoms with Crippen molar-refractivity contribution in [2.75, 3.05) is 44.2 Å². The quantitative estimate of drug-likeness (QED) is 0.879. The molecule has 0 radical (unpaired) electrons. The summed E-state index contributed by atoms with van der Waals surface area (Å²) in [5.74, 6) is -0.0221. The number of pyridine rings is 1. The van der Waals surface area contributed by atoms with Crippen LogP contribution in [0.15, 0.2) is 12.3 Å². The third-order valence-electron chi connectivity index (χ3n) is 2.88. The van der Waals surface area contributed by atoms with E-state index in [0.717, 1.165) is 13.1 Å². The molecule has 1 N–H and O–H groups in total. The number of β-amino-alcohol motifs (C(OH)–C–C–N with tert-alkyl or cyclic N) is 1. The van der Waals surface area contributed by atoms with Crippen molar-refractivity contribution in [2.45, 2.75) is 0 Å². The molecule has 0 saturated carbocycles. The van der Waals surface area contributed by atoms with Crippen molar-refractivity contribution in [2.24, 2.45) is 0 Å². The van der Waals surface area contributed by atoms with E-state index in [1.165, 1.54) is 12.3 Å². The lowest BCUT2D eigenvalue weighted by Gasteiger charge is -2.35. The Morgan fingerprint density at radius 3 is 2.65 bits per heavy atom. The van der Waals surface area contributed by atoms with Gasteiger partial charge in [-0.05, 0) is 6.07 Å². The second-order valence-electron chi connectivity index (χ2n) is 4.01. The molecule has 1 aromatic heterocycles. The highest BCUT2D eigenvalue weighted by Crippen LogP contribution is 2.20. The van der Waals surface area contributed by atoms with Gasteiger partial charge in [-0.1, -0.05) is 11.6 Å². The first-order valence-corrected chi connectivity index (χ1v) is 5.97. The molecule has 1 fully saturated rings. The van der Waals surface area contributed by atoms with Crippen LogP contribution in [0, 0.1) is 5.82 Å². The molecule has 0 aliphatic carbocycles. The van der Waals surface area contributed by atoms with Crippen molar-refractivity contribution in [3.05, 3.63) is 23.1 Å². The minimum absolute atomic E-state index is 0.160. The lowest BCUT2D eigenvalue weighted by molar-refractivity contribution is 0.188. The normalized spacial score (nSPS) is 17.5. The molecule has 6 heteroatoms. The Kier molecular flexibility index (Phi) is 4.15. The maximum atomic E-state index is 13.6. The maximum Gasteiger partial charge on any atom is 0.167 e. The van der Waals surface area contributed by atoms with Gasteiger partial charge >= 0.3 is 0 Å². The van der Waals surface area contributed by atoms with Crippen molar-refractivity contribution in [3.8, 4) is 0 Å². The van der Waals surface area contributed by atoms with Crippen molar-refractivity contribution >= 4 is 17.4 Å². The zero-order chi connectivity index (χ0) is 12.3. The van der Waals surface area contributed by atoms with Gasteiger partial charge in [0.25, 0.3) is 0 Å². The molecule has 2 heterocycles. The van der Waals surface area contributed by atoms with E-state index in [0.29, 0.717) is 30.5 Å². The first-order chi connectivity index (χ1) is 8.20. The summed E-state index contributed by atoms with van der Waals surface area (Å²) in [7, 11) is 0. The number of aliphatic hydroxyl groups is 1. The van der Waals surface area contributed by atoms with Gasteiger partial charge in [0.2, 0.25) is 0 Å². The molecular weight excluding hydrogens is 245 g/mol. The molecular formula is C11H15ClFN3O. The summed E-state index contributed by atoms with van der Waals surface area (Å²) in [5.41, 5.74) is 0. The molecule has 1 aliphatic rings. The molecule has 0 aromatic carbocycles. The van der Waals surface area contributed by atoms with Crippen LogP contribution < -0.4 is 4.90 Å². The second-order valence-corrected chi connectivity index (χ2v) is 4.45. The van der Waals surface area contributed by atoms with Crippen molar-refractivity contribution in [3.63, 3.8) is 0 Å². The van der Waals surface area contributed by atoms with Crippen LogP contribution in [-0.2, 0) is 0 Å². The molecule has 0 bridgehead atoms. The van der Waals surface area contributed by atoms with E-state index in [9.17, 15) is 4.39 Å². The number of nitrogens with zero attached hydrogens (tertiary/aromatic N) is 3. The van der Waals surface area contributed by atoms with Crippen LogP contribution >= 0.6 is 11.6 Å². The average molecular weight is 260 g/mol. The second kappa shape index (κ2) is 5.62. The van der Waals surface area contributed by atoms with E-state index in [1.54, 1.807) is 0 Å². The molecule has 0 unspecified atom stereocenters. The van der Waals surface area contributed by atoms with Crippen molar-refractivity contribution in [1.29, 1.82) is 0 Å². The number of hydrogen-bond acceptors (Lipinski definition) is 4. The third kappa shape index (κ3) is 3.06. The summed E-state index contributed by atoms with van der Waals surface area (Å²) in [4.78, 5) is 8.07. The Hall–Kier alpha value is -0.910. The van der Waals surface area contributed by atoms with Crippen LogP contribution in [0.3, 0.4) is 0 Å². The SMILES string of the molecule is OCCN1CCN(c2ncc(Cl)cc2F)CC1. The lowest BCUT2D eigenvalue weighted by atomic mass is 10.3. The Morgan fingerprint density at radius 1 is 1.35 bits per heavy atom. The standard InChI is InChI=1S/C11H15ClFN3O/c12-9-7-10(13)11(14-8-9)16-3-1-15(2-4-16)5-6-17/h7-8,17H,1-6H2. The number of aliphatic hydroxyl groups excluding tert-OH is 1. The van der Waals surface area contributed by atoms with Crippen LogP contribution in [0.2, 0.25) is 5.02 Å². The van der Waals surface area contributed by atoms with E-state index < -0.39 is 0 Å². The average Bonchev–Trinajstić information content (AvgIpc) is 2.31. The fourth-order valence-corrected chi connectivity index (χ4v) is 2.11. The van der Waals surface area contributed by atoms with Gasteiger partial charge in [-0.25, -0.2) is 9.37 Å². The number of piperazine rings is 1. The van der Waals surface area contributed by atoms with Crippen molar-refractivity contribution < 1.29 is 9.50 Å². The zero-order valence-corrected chi connectivity index (χ0v) is 10.2. The molecule has 1 saturated heterocycles. The number of hydrogen-bond donors (Lipinski definition) is 1. The Labute approximate surface area is 105 Å². The largest absolute Gasteiger partial charge is 0.395 e. The van der Waals surface area contributed by atoms with Crippen LogP contribution in [0.4, 0.5) is 10.2 Å². The number of aromatic nitrogens is 1. The molecule has 0 spiro atoms. The van der Waals surface area contributed by atoms with E-state index in [1.807, 2.05) is 4.90 Å². The molecule has 0 amide bonds. The van der Waals surface area contributed by atoms with Gasteiger partial charge in [-0.3, -0.25) is 4.90 Å². The highest BCUT2D eigenvalue weighted by Gasteiger charge is 2.20. The monoisotopic (exact) mass is 259 g/mol. The summed E-state index contributed by atoms with van der Waals surface area (Å²) in [6.45, 7) is 3.88. The molecule has 1 aromatic rings. The highest BCUT2D eigenvalue weighted by molar-refractivity contribution is 6.30. The number of rotatable bonds is 3. The van der Waals surface area contributed by atoms with E-state index >= 15 is 0 Å². The Morgan fingerprint density at radius 2 is 2.06 bits per heavy atom. The van der Waals surface area contributed by atoms with Gasteiger partial charge in [0.15, 0.2) is 11.6 Å². The Balaban J connectivity index is 2.00. The molecule has 0 atom stereocenters. The summed E-state index contributed by atoms with van der Waals surface area (Å²) in [6, 6.07) is 1.28. The fraction of sp³-hybridized carbons (Fsp3) is 0.545. The van der Waals surface area contributed by atoms with E-state index in [-0.39, 0.29) is 12.4 Å². The lowest BCUT2D eigenvalue weighted by Crippen LogP contribution is -2.47. The number of anilines is 1. The van der Waals surface area contributed by atoms with Gasteiger partial charge in [-0.15, -0.1) is 0 Å². The summed E-state index contributed by atoms with van der Waals surface area (Å²) < 4.78 is 13.6. The van der Waals surface area contributed by atoms with E-state index in [2.05, 4.69) is 9.88 Å². The first kappa shape index (κ1) is 12.5. The summed E-state index contributed by atoms with van der Waals surface area (Å²) >= 11 is 5.66. The fourth-order valence-electron chi connectivity index (χ4n) is 1.96. The van der Waals surface area contributed by atoms with Crippen LogP contribution in [0.25, 0.3) is 0 Å². The third-order valence-corrected chi connectivity index (χ3v) is 3.08. The van der Waals surface area contributed by atoms with Crippen LogP contribution in [0.1, 0.15) is 0 Å². The summed E-state index contributed by atoms with van der Waals surface area (Å²) in [5, 5.41) is 9.14. The van der Waals surface area contributed by atoms with Crippen LogP contribution in [-0.4, -0.2) is 54.3 Å².